The first-order chi connectivity index (χ1) is 15.8. The molecule has 2 aromatic heterocycles. The van der Waals surface area contributed by atoms with Crippen molar-refractivity contribution in [1.82, 2.24) is 14.8 Å². The number of aromatic nitrogens is 1. The number of aryl methyl sites for hydroxylation is 1. The minimum Gasteiger partial charge on any atom is -0.469 e. The number of rotatable bonds is 8. The number of anilines is 1. The Balaban J connectivity index is 1.45. The number of hydrogen-bond acceptors (Lipinski definition) is 8. The van der Waals surface area contributed by atoms with E-state index in [-0.39, 0.29) is 42.6 Å². The third kappa shape index (κ3) is 6.41. The summed E-state index contributed by atoms with van der Waals surface area (Å²) in [6, 6.07) is 1.58. The molecule has 0 aliphatic carbocycles. The number of likely N-dealkylation sites (N-methyl/N-ethyl adjacent to an activating group) is 1. The molecule has 1 fully saturated rings. The van der Waals surface area contributed by atoms with E-state index >= 15 is 0 Å². The molecule has 3 rings (SSSR count). The van der Waals surface area contributed by atoms with Gasteiger partial charge in [0.1, 0.15) is 5.76 Å². The van der Waals surface area contributed by atoms with Gasteiger partial charge < -0.3 is 19.0 Å². The Labute approximate surface area is 195 Å². The maximum absolute atomic E-state index is 12.6. The minimum atomic E-state index is -0.331. The van der Waals surface area contributed by atoms with Crippen LogP contribution >= 0.6 is 11.3 Å². The van der Waals surface area contributed by atoms with E-state index < -0.39 is 0 Å². The second kappa shape index (κ2) is 11.1. The van der Waals surface area contributed by atoms with Crippen LogP contribution in [0.1, 0.15) is 41.6 Å². The second-order valence-corrected chi connectivity index (χ2v) is 8.68. The van der Waals surface area contributed by atoms with Crippen molar-refractivity contribution < 1.29 is 28.3 Å². The standard InChI is InChI=1S/C22H28N4O6S/c1-4-31-21(30)15-5-8-26(9-6-15)19(28)12-25(3)18(27)11-16-13-33-22(23-16)24-20(29)17-7-10-32-14(17)2/h7,10,13,15H,4-6,8-9,11-12H2,1-3H3,(H,23,24,29). The Morgan fingerprint density at radius 1 is 1.30 bits per heavy atom. The van der Waals surface area contributed by atoms with Gasteiger partial charge in [-0.1, -0.05) is 0 Å². The van der Waals surface area contributed by atoms with Crippen molar-refractivity contribution in [3.05, 3.63) is 34.7 Å². The van der Waals surface area contributed by atoms with E-state index in [0.717, 1.165) is 0 Å². The summed E-state index contributed by atoms with van der Waals surface area (Å²) in [7, 11) is 1.57. The number of piperidine rings is 1. The second-order valence-electron chi connectivity index (χ2n) is 7.82. The summed E-state index contributed by atoms with van der Waals surface area (Å²) >= 11 is 1.22. The summed E-state index contributed by atoms with van der Waals surface area (Å²) < 4.78 is 10.2. The van der Waals surface area contributed by atoms with Gasteiger partial charge in [-0.05, 0) is 32.8 Å². The number of esters is 1. The summed E-state index contributed by atoms with van der Waals surface area (Å²) in [6.07, 6.45) is 2.59. The zero-order chi connectivity index (χ0) is 24.0. The molecule has 0 atom stereocenters. The highest BCUT2D eigenvalue weighted by Gasteiger charge is 2.29. The molecule has 10 nitrogen and oxygen atoms in total. The Morgan fingerprint density at radius 2 is 2.03 bits per heavy atom. The number of hydrogen-bond donors (Lipinski definition) is 1. The maximum Gasteiger partial charge on any atom is 0.309 e. The van der Waals surface area contributed by atoms with Crippen molar-refractivity contribution >= 4 is 40.2 Å². The van der Waals surface area contributed by atoms with Crippen LogP contribution in [0.15, 0.2) is 22.1 Å². The van der Waals surface area contributed by atoms with Gasteiger partial charge in [-0.2, -0.15) is 0 Å². The quantitative estimate of drug-likeness (QED) is 0.579. The van der Waals surface area contributed by atoms with Crippen LogP contribution in [0.5, 0.6) is 0 Å². The highest BCUT2D eigenvalue weighted by Crippen LogP contribution is 2.20. The van der Waals surface area contributed by atoms with Crippen LogP contribution in [0.25, 0.3) is 0 Å². The fraction of sp³-hybridized carbons (Fsp3) is 0.500. The zero-order valence-electron chi connectivity index (χ0n) is 19.0. The fourth-order valence-corrected chi connectivity index (χ4v) is 4.24. The SMILES string of the molecule is CCOC(=O)C1CCN(C(=O)CN(C)C(=O)Cc2csc(NC(=O)c3ccoc3C)n2)CC1. The molecule has 0 spiro atoms. The Morgan fingerprint density at radius 3 is 2.67 bits per heavy atom. The number of nitrogens with one attached hydrogen (secondary N) is 1. The van der Waals surface area contributed by atoms with Gasteiger partial charge in [0.25, 0.3) is 5.91 Å². The van der Waals surface area contributed by atoms with Gasteiger partial charge in [0.2, 0.25) is 11.8 Å². The average molecular weight is 477 g/mol. The van der Waals surface area contributed by atoms with E-state index in [0.29, 0.717) is 54.7 Å². The number of thiazole rings is 1. The lowest BCUT2D eigenvalue weighted by Gasteiger charge is -2.32. The first-order valence-electron chi connectivity index (χ1n) is 10.8. The molecular weight excluding hydrogens is 448 g/mol. The number of carbonyl (C=O) groups excluding carboxylic acids is 4. The van der Waals surface area contributed by atoms with Gasteiger partial charge in [-0.25, -0.2) is 4.98 Å². The topological polar surface area (TPSA) is 122 Å². The summed E-state index contributed by atoms with van der Waals surface area (Å²) in [5.41, 5.74) is 0.936. The highest BCUT2D eigenvalue weighted by atomic mass is 32.1. The molecule has 178 valence electrons. The fourth-order valence-electron chi connectivity index (χ4n) is 3.54. The summed E-state index contributed by atoms with van der Waals surface area (Å²) in [5, 5.41) is 4.77. The van der Waals surface area contributed by atoms with Crippen LogP contribution in [0, 0.1) is 12.8 Å². The van der Waals surface area contributed by atoms with Gasteiger partial charge >= 0.3 is 5.97 Å². The number of furan rings is 1. The highest BCUT2D eigenvalue weighted by molar-refractivity contribution is 7.14. The molecule has 0 saturated carbocycles. The van der Waals surface area contributed by atoms with Gasteiger partial charge in [-0.3, -0.25) is 24.5 Å². The van der Waals surface area contributed by atoms with Crippen LogP contribution < -0.4 is 5.32 Å². The number of ether oxygens (including phenoxy) is 1. The van der Waals surface area contributed by atoms with Crippen LogP contribution in [0.2, 0.25) is 0 Å². The van der Waals surface area contributed by atoms with E-state index in [1.54, 1.807) is 37.2 Å². The summed E-state index contributed by atoms with van der Waals surface area (Å²) in [4.78, 5) is 56.6. The minimum absolute atomic E-state index is 0.0197. The number of nitrogens with zero attached hydrogens (tertiary/aromatic N) is 3. The van der Waals surface area contributed by atoms with E-state index in [2.05, 4.69) is 10.3 Å². The maximum atomic E-state index is 12.6. The first kappa shape index (κ1) is 24.4. The van der Waals surface area contributed by atoms with Gasteiger partial charge in [0, 0.05) is 25.5 Å². The van der Waals surface area contributed by atoms with Crippen LogP contribution in [-0.2, 0) is 25.5 Å². The smallest absolute Gasteiger partial charge is 0.309 e. The molecule has 1 N–H and O–H groups in total. The van der Waals surface area contributed by atoms with Gasteiger partial charge in [0.15, 0.2) is 5.13 Å². The van der Waals surface area contributed by atoms with Crippen molar-refractivity contribution in [2.45, 2.75) is 33.1 Å². The lowest BCUT2D eigenvalue weighted by Crippen LogP contribution is -2.46. The predicted molar refractivity (Wildman–Crippen MR) is 121 cm³/mol. The third-order valence-corrected chi connectivity index (χ3v) is 6.28. The Kier molecular flexibility index (Phi) is 8.21. The summed E-state index contributed by atoms with van der Waals surface area (Å²) in [6.45, 7) is 4.71. The molecule has 0 unspecified atom stereocenters. The van der Waals surface area contributed by atoms with Crippen molar-refractivity contribution in [3.63, 3.8) is 0 Å². The monoisotopic (exact) mass is 476 g/mol. The molecule has 11 heteroatoms. The Hall–Kier alpha value is -3.21. The number of likely N-dealkylation sites (tertiary alicyclic amines) is 1. The molecule has 3 amide bonds. The number of amides is 3. The van der Waals surface area contributed by atoms with Crippen LogP contribution in [0.3, 0.4) is 0 Å². The predicted octanol–water partition coefficient (Wildman–Crippen LogP) is 2.10. The molecule has 1 aliphatic heterocycles. The van der Waals surface area contributed by atoms with Crippen LogP contribution in [-0.4, -0.2) is 71.8 Å². The average Bonchev–Trinajstić information content (AvgIpc) is 3.42. The molecule has 0 aromatic carbocycles. The summed E-state index contributed by atoms with van der Waals surface area (Å²) in [5.74, 6) is -0.618. The van der Waals surface area contributed by atoms with Crippen molar-refractivity contribution in [2.75, 3.05) is 38.6 Å². The lowest BCUT2D eigenvalue weighted by atomic mass is 9.97. The molecule has 1 saturated heterocycles. The Bertz CT molecular complexity index is 1010. The molecular formula is C22H28N4O6S. The van der Waals surface area contributed by atoms with E-state index in [1.165, 1.54) is 22.5 Å². The van der Waals surface area contributed by atoms with E-state index in [4.69, 9.17) is 9.15 Å². The van der Waals surface area contributed by atoms with Gasteiger partial charge in [-0.15, -0.1) is 11.3 Å². The molecule has 33 heavy (non-hydrogen) atoms. The largest absolute Gasteiger partial charge is 0.469 e. The normalized spacial score (nSPS) is 14.1. The van der Waals surface area contributed by atoms with E-state index in [9.17, 15) is 19.2 Å². The molecule has 3 heterocycles. The van der Waals surface area contributed by atoms with Crippen molar-refractivity contribution in [2.24, 2.45) is 5.92 Å². The first-order valence-corrected chi connectivity index (χ1v) is 11.6. The number of carbonyl (C=O) groups is 4. The molecule has 0 bridgehead atoms. The van der Waals surface area contributed by atoms with Crippen LogP contribution in [0.4, 0.5) is 5.13 Å². The third-order valence-electron chi connectivity index (χ3n) is 5.47. The van der Waals surface area contributed by atoms with Gasteiger partial charge in [0.05, 0.1) is 43.0 Å². The molecule has 1 aliphatic rings. The van der Waals surface area contributed by atoms with Crippen molar-refractivity contribution in [1.29, 1.82) is 0 Å². The zero-order valence-corrected chi connectivity index (χ0v) is 19.8. The van der Waals surface area contributed by atoms with E-state index in [1.807, 2.05) is 0 Å². The molecule has 0 radical (unpaired) electrons. The van der Waals surface area contributed by atoms with Crippen molar-refractivity contribution in [3.8, 4) is 0 Å². The molecule has 2 aromatic rings. The lowest BCUT2D eigenvalue weighted by molar-refractivity contribution is -0.151.